The monoisotopic (exact) mass is 519 g/mol. The van der Waals surface area contributed by atoms with Crippen molar-refractivity contribution in [3.63, 3.8) is 0 Å². The number of carbonyl (C=O) groups excluding carboxylic acids is 3. The molecule has 202 valence electrons. The van der Waals surface area contributed by atoms with Crippen LogP contribution in [0.1, 0.15) is 54.4 Å². The number of amides is 3. The molecule has 2 atom stereocenters. The molecule has 2 aromatic rings. The van der Waals surface area contributed by atoms with E-state index in [1.165, 1.54) is 0 Å². The fourth-order valence-corrected chi connectivity index (χ4v) is 5.78. The Balaban J connectivity index is 1.33. The molecule has 1 saturated carbocycles. The van der Waals surface area contributed by atoms with Crippen LogP contribution in [0.25, 0.3) is 0 Å². The molecule has 10 nitrogen and oxygen atoms in total. The molecule has 3 heterocycles. The third-order valence-corrected chi connectivity index (χ3v) is 8.12. The van der Waals surface area contributed by atoms with Gasteiger partial charge in [-0.05, 0) is 70.5 Å². The summed E-state index contributed by atoms with van der Waals surface area (Å²) in [4.78, 5) is 52.5. The van der Waals surface area contributed by atoms with Gasteiger partial charge < -0.3 is 20.4 Å². The van der Waals surface area contributed by atoms with Crippen molar-refractivity contribution in [1.29, 1.82) is 0 Å². The largest absolute Gasteiger partial charge is 0.356 e. The summed E-state index contributed by atoms with van der Waals surface area (Å²) in [5, 5.41) is 6.11. The Hall–Kier alpha value is -3.53. The van der Waals surface area contributed by atoms with Gasteiger partial charge in [0.25, 0.3) is 5.91 Å². The summed E-state index contributed by atoms with van der Waals surface area (Å²) in [6.07, 6.45) is 8.90. The lowest BCUT2D eigenvalue weighted by Crippen LogP contribution is -2.34. The molecule has 0 bridgehead atoms. The van der Waals surface area contributed by atoms with Crippen LogP contribution in [0.4, 0.5) is 17.5 Å². The number of hydrogen-bond donors (Lipinski definition) is 2. The molecular weight excluding hydrogens is 482 g/mol. The molecular formula is C28H37N7O3. The summed E-state index contributed by atoms with van der Waals surface area (Å²) >= 11 is 0. The number of anilines is 3. The van der Waals surface area contributed by atoms with Crippen LogP contribution in [-0.4, -0.2) is 83.8 Å². The van der Waals surface area contributed by atoms with Crippen molar-refractivity contribution < 1.29 is 14.4 Å². The number of nitrogens with one attached hydrogen (secondary N) is 2. The quantitative estimate of drug-likeness (QED) is 0.490. The van der Waals surface area contributed by atoms with Gasteiger partial charge in [0, 0.05) is 60.6 Å². The molecule has 1 aromatic carbocycles. The lowest BCUT2D eigenvalue weighted by atomic mass is 9.99. The number of likely N-dealkylation sites (N-methyl/N-ethyl adjacent to an activating group) is 1. The number of likely N-dealkylation sites (tertiary alicyclic amines) is 1. The highest BCUT2D eigenvalue weighted by Gasteiger charge is 2.30. The van der Waals surface area contributed by atoms with Crippen molar-refractivity contribution in [2.24, 2.45) is 5.92 Å². The molecule has 3 aliphatic rings. The van der Waals surface area contributed by atoms with E-state index in [0.29, 0.717) is 36.3 Å². The minimum absolute atomic E-state index is 0.0393. The third-order valence-electron chi connectivity index (χ3n) is 8.12. The van der Waals surface area contributed by atoms with E-state index in [9.17, 15) is 14.4 Å². The predicted molar refractivity (Wildman–Crippen MR) is 145 cm³/mol. The highest BCUT2D eigenvalue weighted by atomic mass is 16.2. The normalized spacial score (nSPS) is 21.7. The van der Waals surface area contributed by atoms with E-state index in [2.05, 4.69) is 20.5 Å². The number of benzene rings is 1. The maximum atomic E-state index is 13.0. The fraction of sp³-hybridized carbons (Fsp3) is 0.536. The fourth-order valence-electron chi connectivity index (χ4n) is 5.78. The van der Waals surface area contributed by atoms with Crippen LogP contribution >= 0.6 is 0 Å². The van der Waals surface area contributed by atoms with E-state index in [-0.39, 0.29) is 23.8 Å². The van der Waals surface area contributed by atoms with E-state index in [0.717, 1.165) is 69.3 Å². The highest BCUT2D eigenvalue weighted by molar-refractivity contribution is 5.94. The predicted octanol–water partition coefficient (Wildman–Crippen LogP) is 2.58. The highest BCUT2D eigenvalue weighted by Crippen LogP contribution is 2.31. The minimum Gasteiger partial charge on any atom is -0.356 e. The zero-order valence-electron chi connectivity index (χ0n) is 22.2. The average molecular weight is 520 g/mol. The molecule has 0 radical (unpaired) electrons. The van der Waals surface area contributed by atoms with Crippen molar-refractivity contribution in [1.82, 2.24) is 25.1 Å². The molecule has 1 aromatic heterocycles. The summed E-state index contributed by atoms with van der Waals surface area (Å²) in [7, 11) is 4.10. The average Bonchev–Trinajstić information content (AvgIpc) is 3.69. The van der Waals surface area contributed by atoms with Gasteiger partial charge in [-0.1, -0.05) is 12.8 Å². The summed E-state index contributed by atoms with van der Waals surface area (Å²) < 4.78 is 0. The van der Waals surface area contributed by atoms with Gasteiger partial charge in [0.05, 0.1) is 0 Å². The standard InChI is InChI=1S/C28H37N7O3/c1-33(2)24-12-14-34(17-24)27(38)19-7-9-22(10-8-19)31-28-30-16-21(15-20-11-13-29-26(20)37)25(32-28)35(18-36)23-5-3-4-6-23/h7-10,16,18,20,23-24H,3-6,11-15,17H2,1-2H3,(H,29,37)(H,30,31,32)/t20-,24-/m0/s1. The first-order chi connectivity index (χ1) is 18.4. The van der Waals surface area contributed by atoms with Gasteiger partial charge >= 0.3 is 0 Å². The molecule has 2 N–H and O–H groups in total. The van der Waals surface area contributed by atoms with Crippen molar-refractivity contribution in [2.75, 3.05) is 43.9 Å². The molecule has 1 aliphatic carbocycles. The molecule has 2 aliphatic heterocycles. The maximum Gasteiger partial charge on any atom is 0.253 e. The Morgan fingerprint density at radius 3 is 2.53 bits per heavy atom. The molecule has 38 heavy (non-hydrogen) atoms. The Morgan fingerprint density at radius 1 is 1.13 bits per heavy atom. The van der Waals surface area contributed by atoms with Crippen molar-refractivity contribution in [3.05, 3.63) is 41.6 Å². The second-order valence-corrected chi connectivity index (χ2v) is 10.8. The number of nitrogens with zero attached hydrogens (tertiary/aromatic N) is 5. The van der Waals surface area contributed by atoms with Gasteiger partial charge in [-0.3, -0.25) is 19.3 Å². The van der Waals surface area contributed by atoms with Crippen LogP contribution in [0, 0.1) is 5.92 Å². The van der Waals surface area contributed by atoms with Crippen LogP contribution in [0.5, 0.6) is 0 Å². The van der Waals surface area contributed by atoms with Crippen molar-refractivity contribution in [3.8, 4) is 0 Å². The van der Waals surface area contributed by atoms with Crippen LogP contribution < -0.4 is 15.5 Å². The Morgan fingerprint density at radius 2 is 1.89 bits per heavy atom. The number of carbonyl (C=O) groups is 3. The molecule has 0 unspecified atom stereocenters. The van der Waals surface area contributed by atoms with E-state index in [4.69, 9.17) is 4.98 Å². The zero-order valence-corrected chi connectivity index (χ0v) is 22.2. The maximum absolute atomic E-state index is 13.0. The molecule has 0 spiro atoms. The summed E-state index contributed by atoms with van der Waals surface area (Å²) in [5.41, 5.74) is 2.20. The van der Waals surface area contributed by atoms with E-state index in [1.54, 1.807) is 11.1 Å². The Bertz CT molecular complexity index is 1160. The van der Waals surface area contributed by atoms with Crippen LogP contribution in [0.2, 0.25) is 0 Å². The van der Waals surface area contributed by atoms with E-state index >= 15 is 0 Å². The lowest BCUT2D eigenvalue weighted by Gasteiger charge is -2.26. The lowest BCUT2D eigenvalue weighted by molar-refractivity contribution is -0.122. The van der Waals surface area contributed by atoms with Gasteiger partial charge in [-0.15, -0.1) is 0 Å². The number of aromatic nitrogens is 2. The molecule has 2 saturated heterocycles. The molecule has 5 rings (SSSR count). The first-order valence-electron chi connectivity index (χ1n) is 13.6. The smallest absolute Gasteiger partial charge is 0.253 e. The second kappa shape index (κ2) is 11.5. The molecule has 3 amide bonds. The summed E-state index contributed by atoms with van der Waals surface area (Å²) in [5.74, 6) is 0.884. The Kier molecular flexibility index (Phi) is 7.87. The summed E-state index contributed by atoms with van der Waals surface area (Å²) in [6, 6.07) is 7.83. The molecule has 3 fully saturated rings. The van der Waals surface area contributed by atoms with Gasteiger partial charge in [0.1, 0.15) is 5.82 Å². The van der Waals surface area contributed by atoms with Crippen LogP contribution in [-0.2, 0) is 16.0 Å². The van der Waals surface area contributed by atoms with Gasteiger partial charge in [-0.25, -0.2) is 4.98 Å². The topological polar surface area (TPSA) is 111 Å². The van der Waals surface area contributed by atoms with Gasteiger partial charge in [0.2, 0.25) is 18.3 Å². The SMILES string of the molecule is CN(C)[C@H]1CCN(C(=O)c2ccc(Nc3ncc(C[C@@H]4CCNC4=O)c(N(C=O)C4CCCC4)n3)cc2)C1. The van der Waals surface area contributed by atoms with Crippen LogP contribution in [0.3, 0.4) is 0 Å². The van der Waals surface area contributed by atoms with Crippen molar-refractivity contribution in [2.45, 2.75) is 57.0 Å². The number of rotatable bonds is 9. The van der Waals surface area contributed by atoms with E-state index < -0.39 is 0 Å². The first-order valence-corrected chi connectivity index (χ1v) is 13.6. The third kappa shape index (κ3) is 5.65. The van der Waals surface area contributed by atoms with E-state index in [1.807, 2.05) is 43.3 Å². The van der Waals surface area contributed by atoms with Gasteiger partial charge in [0.15, 0.2) is 0 Å². The minimum atomic E-state index is -0.137. The molecule has 10 heteroatoms. The summed E-state index contributed by atoms with van der Waals surface area (Å²) in [6.45, 7) is 2.18. The van der Waals surface area contributed by atoms with Crippen molar-refractivity contribution >= 4 is 35.7 Å². The number of hydrogen-bond acceptors (Lipinski definition) is 7. The zero-order chi connectivity index (χ0) is 26.6. The van der Waals surface area contributed by atoms with Gasteiger partial charge in [-0.2, -0.15) is 4.98 Å². The first kappa shape index (κ1) is 26.1. The van der Waals surface area contributed by atoms with Crippen LogP contribution in [0.15, 0.2) is 30.5 Å². The Labute approximate surface area is 223 Å². The second-order valence-electron chi connectivity index (χ2n) is 10.8.